The van der Waals surface area contributed by atoms with Crippen LogP contribution in [0.25, 0.3) is 5.65 Å². The van der Waals surface area contributed by atoms with Gasteiger partial charge in [-0.05, 0) is 25.0 Å². The van der Waals surface area contributed by atoms with Gasteiger partial charge in [-0.3, -0.25) is 4.79 Å². The summed E-state index contributed by atoms with van der Waals surface area (Å²) in [6, 6.07) is 4.04. The monoisotopic (exact) mass is 229 g/mol. The number of nitrogens with zero attached hydrogens (tertiary/aromatic N) is 2. The van der Waals surface area contributed by atoms with E-state index in [1.54, 1.807) is 6.20 Å². The van der Waals surface area contributed by atoms with Gasteiger partial charge in [0.1, 0.15) is 5.65 Å². The van der Waals surface area contributed by atoms with Crippen molar-refractivity contribution in [2.45, 2.75) is 31.7 Å². The predicted molar refractivity (Wildman–Crippen MR) is 64.9 cm³/mol. The van der Waals surface area contributed by atoms with Gasteiger partial charge in [-0.1, -0.05) is 12.8 Å². The molecule has 88 valence electrons. The zero-order chi connectivity index (χ0) is 11.7. The third-order valence-electron chi connectivity index (χ3n) is 3.35. The van der Waals surface area contributed by atoms with E-state index in [9.17, 15) is 4.79 Å². The fourth-order valence-electron chi connectivity index (χ4n) is 2.46. The predicted octanol–water partition coefficient (Wildman–Crippen LogP) is 2.01. The van der Waals surface area contributed by atoms with E-state index in [4.69, 9.17) is 0 Å². The van der Waals surface area contributed by atoms with Gasteiger partial charge >= 0.3 is 0 Å². The number of hydrogen-bond acceptors (Lipinski definition) is 2. The maximum absolute atomic E-state index is 12.1. The van der Waals surface area contributed by atoms with E-state index in [-0.39, 0.29) is 5.91 Å². The van der Waals surface area contributed by atoms with Crippen molar-refractivity contribution >= 4 is 11.6 Å². The molecular weight excluding hydrogens is 214 g/mol. The number of carbonyl (C=O) groups excluding carboxylic acids is 1. The van der Waals surface area contributed by atoms with E-state index in [2.05, 4.69) is 10.3 Å². The van der Waals surface area contributed by atoms with Gasteiger partial charge in [-0.15, -0.1) is 0 Å². The van der Waals surface area contributed by atoms with E-state index < -0.39 is 0 Å². The summed E-state index contributed by atoms with van der Waals surface area (Å²) in [5.74, 6) is -0.00583. The molecule has 1 amide bonds. The van der Waals surface area contributed by atoms with Crippen LogP contribution in [0.2, 0.25) is 0 Å². The van der Waals surface area contributed by atoms with E-state index >= 15 is 0 Å². The highest BCUT2D eigenvalue weighted by atomic mass is 16.1. The van der Waals surface area contributed by atoms with Crippen molar-refractivity contribution < 1.29 is 4.79 Å². The molecule has 0 saturated heterocycles. The van der Waals surface area contributed by atoms with Gasteiger partial charge in [-0.2, -0.15) is 0 Å². The Kier molecular flexibility index (Phi) is 2.55. The highest BCUT2D eigenvalue weighted by Crippen LogP contribution is 2.18. The van der Waals surface area contributed by atoms with Crippen molar-refractivity contribution in [3.63, 3.8) is 0 Å². The zero-order valence-electron chi connectivity index (χ0n) is 9.60. The molecule has 2 aromatic heterocycles. The number of imidazole rings is 1. The topological polar surface area (TPSA) is 46.4 Å². The standard InChI is InChI=1S/C13H15N3O/c17-13(15-10-4-1-2-5-10)11-6-3-8-16-9-7-14-12(11)16/h3,6-10H,1-2,4-5H2,(H,15,17). The fourth-order valence-corrected chi connectivity index (χ4v) is 2.46. The first-order chi connectivity index (χ1) is 8.34. The van der Waals surface area contributed by atoms with Crippen LogP contribution in [0.4, 0.5) is 0 Å². The largest absolute Gasteiger partial charge is 0.349 e. The van der Waals surface area contributed by atoms with Crippen LogP contribution in [0.1, 0.15) is 36.0 Å². The third kappa shape index (κ3) is 1.90. The van der Waals surface area contributed by atoms with Gasteiger partial charge in [0, 0.05) is 24.6 Å². The van der Waals surface area contributed by atoms with Crippen LogP contribution in [-0.4, -0.2) is 21.3 Å². The first kappa shape index (κ1) is 10.3. The highest BCUT2D eigenvalue weighted by Gasteiger charge is 2.19. The number of fused-ring (bicyclic) bond motifs is 1. The van der Waals surface area contributed by atoms with E-state index in [1.807, 2.05) is 28.9 Å². The number of hydrogen-bond donors (Lipinski definition) is 1. The molecule has 1 N–H and O–H groups in total. The molecule has 3 rings (SSSR count). The average molecular weight is 229 g/mol. The molecule has 17 heavy (non-hydrogen) atoms. The Balaban J connectivity index is 1.87. The molecule has 4 heteroatoms. The number of amides is 1. The van der Waals surface area contributed by atoms with Gasteiger partial charge in [-0.25, -0.2) is 4.98 Å². The van der Waals surface area contributed by atoms with E-state index in [0.29, 0.717) is 11.6 Å². The quantitative estimate of drug-likeness (QED) is 0.856. The molecule has 1 saturated carbocycles. The summed E-state index contributed by atoms with van der Waals surface area (Å²) in [6.07, 6.45) is 10.1. The summed E-state index contributed by atoms with van der Waals surface area (Å²) in [7, 11) is 0. The van der Waals surface area contributed by atoms with Crippen LogP contribution in [0.5, 0.6) is 0 Å². The molecule has 2 heterocycles. The summed E-state index contributed by atoms with van der Waals surface area (Å²) in [5.41, 5.74) is 1.38. The second kappa shape index (κ2) is 4.20. The SMILES string of the molecule is O=C(NC1CCCC1)c1cccn2ccnc12. The Morgan fingerprint density at radius 1 is 1.35 bits per heavy atom. The molecule has 0 atom stereocenters. The Morgan fingerprint density at radius 2 is 2.18 bits per heavy atom. The van der Waals surface area contributed by atoms with E-state index in [0.717, 1.165) is 18.5 Å². The molecule has 0 spiro atoms. The second-order valence-electron chi connectivity index (χ2n) is 4.53. The summed E-state index contributed by atoms with van der Waals surface area (Å²) in [5, 5.41) is 3.08. The molecule has 2 aromatic rings. The molecular formula is C13H15N3O. The summed E-state index contributed by atoms with van der Waals surface area (Å²) in [4.78, 5) is 16.4. The van der Waals surface area contributed by atoms with Gasteiger partial charge < -0.3 is 9.72 Å². The molecule has 0 unspecified atom stereocenters. The van der Waals surface area contributed by atoms with Crippen LogP contribution in [0, 0.1) is 0 Å². The number of carbonyl (C=O) groups is 1. The Hall–Kier alpha value is -1.84. The summed E-state index contributed by atoms with van der Waals surface area (Å²) >= 11 is 0. The first-order valence-electron chi connectivity index (χ1n) is 6.07. The zero-order valence-corrected chi connectivity index (χ0v) is 9.60. The normalized spacial score (nSPS) is 16.5. The fraction of sp³-hybridized carbons (Fsp3) is 0.385. The molecule has 1 aliphatic carbocycles. The summed E-state index contributed by atoms with van der Waals surface area (Å²) in [6.45, 7) is 0. The van der Waals surface area contributed by atoms with Crippen LogP contribution >= 0.6 is 0 Å². The van der Waals surface area contributed by atoms with Crippen LogP contribution < -0.4 is 5.32 Å². The molecule has 1 fully saturated rings. The van der Waals surface area contributed by atoms with Crippen molar-refractivity contribution in [2.75, 3.05) is 0 Å². The minimum Gasteiger partial charge on any atom is -0.349 e. The smallest absolute Gasteiger partial charge is 0.255 e. The van der Waals surface area contributed by atoms with Gasteiger partial charge in [0.2, 0.25) is 0 Å². The number of aromatic nitrogens is 2. The van der Waals surface area contributed by atoms with Crippen LogP contribution in [0.15, 0.2) is 30.7 Å². The Bertz CT molecular complexity index is 540. The molecule has 0 radical (unpaired) electrons. The molecule has 1 aliphatic rings. The lowest BCUT2D eigenvalue weighted by atomic mass is 10.2. The molecule has 0 aliphatic heterocycles. The highest BCUT2D eigenvalue weighted by molar-refractivity contribution is 5.99. The van der Waals surface area contributed by atoms with Crippen molar-refractivity contribution in [3.8, 4) is 0 Å². The molecule has 4 nitrogen and oxygen atoms in total. The summed E-state index contributed by atoms with van der Waals surface area (Å²) < 4.78 is 1.86. The maximum atomic E-state index is 12.1. The average Bonchev–Trinajstić information content (AvgIpc) is 2.97. The Labute approximate surface area is 99.7 Å². The van der Waals surface area contributed by atoms with Gasteiger partial charge in [0.15, 0.2) is 0 Å². The lowest BCUT2D eigenvalue weighted by Crippen LogP contribution is -2.32. The lowest BCUT2D eigenvalue weighted by molar-refractivity contribution is 0.0939. The molecule has 0 aromatic carbocycles. The van der Waals surface area contributed by atoms with Crippen molar-refractivity contribution in [3.05, 3.63) is 36.3 Å². The number of pyridine rings is 1. The van der Waals surface area contributed by atoms with Crippen LogP contribution in [-0.2, 0) is 0 Å². The van der Waals surface area contributed by atoms with Crippen molar-refractivity contribution in [1.29, 1.82) is 0 Å². The minimum absolute atomic E-state index is 0.00583. The van der Waals surface area contributed by atoms with Crippen molar-refractivity contribution in [1.82, 2.24) is 14.7 Å². The third-order valence-corrected chi connectivity index (χ3v) is 3.35. The maximum Gasteiger partial charge on any atom is 0.255 e. The van der Waals surface area contributed by atoms with Crippen molar-refractivity contribution in [2.24, 2.45) is 0 Å². The number of rotatable bonds is 2. The van der Waals surface area contributed by atoms with E-state index in [1.165, 1.54) is 12.8 Å². The molecule has 0 bridgehead atoms. The second-order valence-corrected chi connectivity index (χ2v) is 4.53. The number of nitrogens with one attached hydrogen (secondary N) is 1. The van der Waals surface area contributed by atoms with Gasteiger partial charge in [0.05, 0.1) is 5.56 Å². The van der Waals surface area contributed by atoms with Gasteiger partial charge in [0.25, 0.3) is 5.91 Å². The lowest BCUT2D eigenvalue weighted by Gasteiger charge is -2.12. The Morgan fingerprint density at radius 3 is 3.00 bits per heavy atom. The van der Waals surface area contributed by atoms with Crippen LogP contribution in [0.3, 0.4) is 0 Å². The minimum atomic E-state index is -0.00583. The first-order valence-corrected chi connectivity index (χ1v) is 6.07.